The number of thiazole rings is 1. The molecule has 0 saturated carbocycles. The molecule has 1 unspecified atom stereocenters. The first-order valence-corrected chi connectivity index (χ1v) is 11.7. The van der Waals surface area contributed by atoms with Crippen molar-refractivity contribution in [1.82, 2.24) is 19.5 Å². The van der Waals surface area contributed by atoms with Crippen molar-refractivity contribution in [2.75, 3.05) is 45.3 Å². The largest absolute Gasteiger partial charge is 0.497 e. The number of anilines is 1. The van der Waals surface area contributed by atoms with Gasteiger partial charge in [0, 0.05) is 31.9 Å². The smallest absolute Gasteiger partial charge is 0.230 e. The lowest BCUT2D eigenvalue weighted by Gasteiger charge is -2.40. The number of aryl methyl sites for hydroxylation is 1. The summed E-state index contributed by atoms with van der Waals surface area (Å²) in [7, 11) is 3.35. The van der Waals surface area contributed by atoms with Crippen LogP contribution in [0.15, 0.2) is 48.5 Å². The van der Waals surface area contributed by atoms with Crippen LogP contribution < -0.4 is 14.4 Å². The van der Waals surface area contributed by atoms with Gasteiger partial charge in [-0.05, 0) is 48.9 Å². The highest BCUT2D eigenvalue weighted by Crippen LogP contribution is 2.40. The fourth-order valence-electron chi connectivity index (χ4n) is 4.37. The highest BCUT2D eigenvalue weighted by molar-refractivity contribution is 7.17. The Morgan fingerprint density at radius 2 is 1.52 bits per heavy atom. The Hall–Kier alpha value is -3.30. The van der Waals surface area contributed by atoms with Crippen LogP contribution >= 0.6 is 11.3 Å². The standard InChI is InChI=1S/C24H27N5O3S/c1-16-25-24-29(26-16)23(30)22(33-24)21(17-4-8-19(31-2)9-5-17)28-14-12-27(13-15-28)18-6-10-20(32-3)11-7-18/h4-11,21,30H,12-15H2,1-3H3. The monoisotopic (exact) mass is 465 g/mol. The number of ether oxygens (including phenoxy) is 2. The molecule has 0 bridgehead atoms. The molecule has 5 rings (SSSR count). The Morgan fingerprint density at radius 3 is 2.09 bits per heavy atom. The molecule has 0 radical (unpaired) electrons. The summed E-state index contributed by atoms with van der Waals surface area (Å²) in [5.74, 6) is 2.48. The predicted molar refractivity (Wildman–Crippen MR) is 129 cm³/mol. The fraction of sp³-hybridized carbons (Fsp3) is 0.333. The van der Waals surface area contributed by atoms with E-state index in [-0.39, 0.29) is 11.9 Å². The second-order valence-corrected chi connectivity index (χ2v) is 9.05. The summed E-state index contributed by atoms with van der Waals surface area (Å²) < 4.78 is 12.2. The fourth-order valence-corrected chi connectivity index (χ4v) is 5.53. The zero-order valence-electron chi connectivity index (χ0n) is 18.9. The van der Waals surface area contributed by atoms with Gasteiger partial charge in [-0.2, -0.15) is 4.52 Å². The molecule has 3 heterocycles. The van der Waals surface area contributed by atoms with E-state index in [1.807, 2.05) is 31.2 Å². The highest BCUT2D eigenvalue weighted by atomic mass is 32.1. The number of methoxy groups -OCH3 is 2. The maximum atomic E-state index is 11.0. The minimum absolute atomic E-state index is 0.0947. The Kier molecular flexibility index (Phi) is 5.82. The average Bonchev–Trinajstić information content (AvgIpc) is 3.37. The molecule has 1 aliphatic heterocycles. The van der Waals surface area contributed by atoms with Gasteiger partial charge >= 0.3 is 0 Å². The predicted octanol–water partition coefficient (Wildman–Crippen LogP) is 3.73. The van der Waals surface area contributed by atoms with E-state index in [2.05, 4.69) is 44.1 Å². The van der Waals surface area contributed by atoms with Crippen molar-refractivity contribution in [3.05, 3.63) is 64.8 Å². The van der Waals surface area contributed by atoms with Crippen LogP contribution in [0, 0.1) is 6.92 Å². The normalized spacial score (nSPS) is 15.7. The molecule has 33 heavy (non-hydrogen) atoms. The van der Waals surface area contributed by atoms with Crippen LogP contribution in [0.4, 0.5) is 5.69 Å². The van der Waals surface area contributed by atoms with E-state index in [1.54, 1.807) is 18.7 Å². The number of piperazine rings is 1. The molecule has 1 aliphatic rings. The van der Waals surface area contributed by atoms with Crippen LogP contribution in [0.25, 0.3) is 4.96 Å². The minimum Gasteiger partial charge on any atom is -0.497 e. The molecule has 172 valence electrons. The summed E-state index contributed by atoms with van der Waals surface area (Å²) in [6, 6.07) is 16.2. The quantitative estimate of drug-likeness (QED) is 0.465. The van der Waals surface area contributed by atoms with Crippen LogP contribution in [0.5, 0.6) is 17.4 Å². The zero-order valence-corrected chi connectivity index (χ0v) is 19.7. The SMILES string of the molecule is COc1ccc(C(c2sc3nc(C)nn3c2O)N2CCN(c3ccc(OC)cc3)CC2)cc1. The molecule has 9 heteroatoms. The van der Waals surface area contributed by atoms with Crippen molar-refractivity contribution in [2.45, 2.75) is 13.0 Å². The van der Waals surface area contributed by atoms with Gasteiger partial charge in [-0.15, -0.1) is 5.10 Å². The first kappa shape index (κ1) is 21.5. The summed E-state index contributed by atoms with van der Waals surface area (Å²) >= 11 is 1.49. The van der Waals surface area contributed by atoms with Gasteiger partial charge in [0.15, 0.2) is 0 Å². The Labute approximate surface area is 196 Å². The molecule has 1 N–H and O–H groups in total. The topological polar surface area (TPSA) is 75.4 Å². The Bertz CT molecular complexity index is 1230. The minimum atomic E-state index is -0.0947. The van der Waals surface area contributed by atoms with Gasteiger partial charge in [0.05, 0.1) is 25.1 Å². The van der Waals surface area contributed by atoms with Crippen molar-refractivity contribution < 1.29 is 14.6 Å². The molecule has 8 nitrogen and oxygen atoms in total. The van der Waals surface area contributed by atoms with E-state index in [9.17, 15) is 5.11 Å². The number of benzene rings is 2. The third-order valence-electron chi connectivity index (χ3n) is 6.10. The maximum absolute atomic E-state index is 11.0. The molecule has 0 spiro atoms. The number of aromatic hydroxyl groups is 1. The van der Waals surface area contributed by atoms with E-state index in [1.165, 1.54) is 17.0 Å². The van der Waals surface area contributed by atoms with Gasteiger partial charge in [-0.3, -0.25) is 4.90 Å². The highest BCUT2D eigenvalue weighted by Gasteiger charge is 2.31. The third-order valence-corrected chi connectivity index (χ3v) is 7.18. The Morgan fingerprint density at radius 1 is 0.909 bits per heavy atom. The van der Waals surface area contributed by atoms with Crippen molar-refractivity contribution in [2.24, 2.45) is 0 Å². The molecular weight excluding hydrogens is 438 g/mol. The molecule has 1 fully saturated rings. The summed E-state index contributed by atoms with van der Waals surface area (Å²) in [5.41, 5.74) is 2.29. The van der Waals surface area contributed by atoms with Gasteiger partial charge in [0.2, 0.25) is 10.8 Å². The lowest BCUT2D eigenvalue weighted by Crippen LogP contribution is -2.47. The summed E-state index contributed by atoms with van der Waals surface area (Å²) in [6.07, 6.45) is 0. The molecule has 1 atom stereocenters. The zero-order chi connectivity index (χ0) is 22.9. The molecule has 1 saturated heterocycles. The third kappa shape index (κ3) is 4.09. The van der Waals surface area contributed by atoms with Gasteiger partial charge < -0.3 is 19.5 Å². The average molecular weight is 466 g/mol. The van der Waals surface area contributed by atoms with Crippen LogP contribution in [0.1, 0.15) is 22.3 Å². The van der Waals surface area contributed by atoms with Crippen molar-refractivity contribution in [1.29, 1.82) is 0 Å². The first-order chi connectivity index (χ1) is 16.1. The van der Waals surface area contributed by atoms with Gasteiger partial charge in [-0.25, -0.2) is 4.98 Å². The summed E-state index contributed by atoms with van der Waals surface area (Å²) in [4.78, 5) is 10.8. The second kappa shape index (κ2) is 8.92. The lowest BCUT2D eigenvalue weighted by molar-refractivity contribution is 0.211. The van der Waals surface area contributed by atoms with E-state index in [0.29, 0.717) is 10.8 Å². The summed E-state index contributed by atoms with van der Waals surface area (Å²) in [6.45, 7) is 5.32. The van der Waals surface area contributed by atoms with Gasteiger partial charge in [-0.1, -0.05) is 23.5 Å². The van der Waals surface area contributed by atoms with E-state index < -0.39 is 0 Å². The lowest BCUT2D eigenvalue weighted by atomic mass is 10.0. The van der Waals surface area contributed by atoms with Crippen LogP contribution in [-0.2, 0) is 0 Å². The van der Waals surface area contributed by atoms with E-state index in [4.69, 9.17) is 9.47 Å². The Balaban J connectivity index is 1.44. The molecule has 2 aromatic heterocycles. The second-order valence-electron chi connectivity index (χ2n) is 8.04. The van der Waals surface area contributed by atoms with Crippen molar-refractivity contribution >= 4 is 22.0 Å². The van der Waals surface area contributed by atoms with Gasteiger partial charge in [0.1, 0.15) is 17.3 Å². The number of hydrogen-bond donors (Lipinski definition) is 1. The number of nitrogens with zero attached hydrogens (tertiary/aromatic N) is 5. The molecular formula is C24H27N5O3S. The van der Waals surface area contributed by atoms with E-state index >= 15 is 0 Å². The molecule has 0 aliphatic carbocycles. The summed E-state index contributed by atoms with van der Waals surface area (Å²) in [5, 5.41) is 15.4. The van der Waals surface area contributed by atoms with Crippen LogP contribution in [-0.4, -0.2) is 65.0 Å². The van der Waals surface area contributed by atoms with Gasteiger partial charge in [0.25, 0.3) is 0 Å². The van der Waals surface area contributed by atoms with Crippen molar-refractivity contribution in [3.63, 3.8) is 0 Å². The first-order valence-electron chi connectivity index (χ1n) is 10.9. The molecule has 0 amide bonds. The molecule has 2 aromatic carbocycles. The number of fused-ring (bicyclic) bond motifs is 1. The van der Waals surface area contributed by atoms with Crippen molar-refractivity contribution in [3.8, 4) is 17.4 Å². The van der Waals surface area contributed by atoms with Crippen LogP contribution in [0.3, 0.4) is 0 Å². The molecule has 4 aromatic rings. The number of hydrogen-bond acceptors (Lipinski definition) is 8. The van der Waals surface area contributed by atoms with E-state index in [0.717, 1.165) is 48.1 Å². The van der Waals surface area contributed by atoms with Crippen LogP contribution in [0.2, 0.25) is 0 Å². The number of aromatic nitrogens is 3. The maximum Gasteiger partial charge on any atom is 0.230 e. The number of rotatable bonds is 6.